The lowest BCUT2D eigenvalue weighted by Crippen LogP contribution is -2.28. The van der Waals surface area contributed by atoms with Gasteiger partial charge in [0.1, 0.15) is 0 Å². The molecule has 1 aromatic carbocycles. The maximum atomic E-state index is 10.4. The number of benzene rings is 1. The highest BCUT2D eigenvalue weighted by atomic mass is 35.5. The Balaban J connectivity index is 0.000000243. The van der Waals surface area contributed by atoms with Crippen molar-refractivity contribution in [2.75, 3.05) is 18.5 Å². The summed E-state index contributed by atoms with van der Waals surface area (Å²) in [5.74, 6) is 0.467. The first-order valence-corrected chi connectivity index (χ1v) is 12.7. The highest BCUT2D eigenvalue weighted by Gasteiger charge is 2.21. The quantitative estimate of drug-likeness (QED) is 0.400. The van der Waals surface area contributed by atoms with Crippen molar-refractivity contribution < 1.29 is 17.7 Å². The fourth-order valence-corrected chi connectivity index (χ4v) is 4.44. The summed E-state index contributed by atoms with van der Waals surface area (Å²) < 4.78 is 36.6. The van der Waals surface area contributed by atoms with E-state index in [1.165, 1.54) is 12.1 Å². The molecule has 0 saturated carbocycles. The molecule has 1 aliphatic rings. The van der Waals surface area contributed by atoms with E-state index in [0.29, 0.717) is 11.9 Å². The first-order valence-electron chi connectivity index (χ1n) is 10.7. The van der Waals surface area contributed by atoms with Gasteiger partial charge in [-0.1, -0.05) is 25.1 Å². The molecule has 3 aromatic rings. The third-order valence-corrected chi connectivity index (χ3v) is 6.49. The summed E-state index contributed by atoms with van der Waals surface area (Å²) in [4.78, 5) is 4.73. The van der Waals surface area contributed by atoms with Crippen LogP contribution in [0.25, 0.3) is 11.0 Å². The molecule has 4 rings (SSSR count). The number of anilines is 1. The number of aromatic nitrogens is 3. The maximum absolute atomic E-state index is 10.4. The second kappa shape index (κ2) is 11.1. The van der Waals surface area contributed by atoms with Crippen LogP contribution in [0, 0.1) is 0 Å². The molecule has 0 amide bonds. The molecular formula is C22H29ClN4O4S. The lowest BCUT2D eigenvalue weighted by Gasteiger charge is -2.26. The smallest absolute Gasteiger partial charge is 0.294 e. The number of nitrogens with one attached hydrogen (secondary N) is 1. The molecule has 174 valence electrons. The molecule has 0 spiro atoms. The van der Waals surface area contributed by atoms with Crippen molar-refractivity contribution in [3.05, 3.63) is 47.8 Å². The Hall–Kier alpha value is -2.20. The molecule has 0 aliphatic carbocycles. The summed E-state index contributed by atoms with van der Waals surface area (Å²) in [5.41, 5.74) is 4.23. The van der Waals surface area contributed by atoms with E-state index < -0.39 is 10.1 Å². The van der Waals surface area contributed by atoms with Crippen molar-refractivity contribution in [1.82, 2.24) is 14.8 Å². The van der Waals surface area contributed by atoms with E-state index in [4.69, 9.17) is 25.9 Å². The van der Waals surface area contributed by atoms with Crippen molar-refractivity contribution in [3.8, 4) is 0 Å². The number of hydrogen-bond donors (Lipinski definition) is 2. The fourth-order valence-electron chi connectivity index (χ4n) is 3.65. The van der Waals surface area contributed by atoms with E-state index in [-0.39, 0.29) is 4.90 Å². The number of fused-ring (bicyclic) bond motifs is 1. The molecule has 0 atom stereocenters. The van der Waals surface area contributed by atoms with Gasteiger partial charge < -0.3 is 10.1 Å². The average Bonchev–Trinajstić information content (AvgIpc) is 3.23. The van der Waals surface area contributed by atoms with Gasteiger partial charge >= 0.3 is 0 Å². The van der Waals surface area contributed by atoms with Gasteiger partial charge in [0.05, 0.1) is 28.0 Å². The zero-order valence-corrected chi connectivity index (χ0v) is 19.9. The number of aryl methyl sites for hydroxylation is 2. The van der Waals surface area contributed by atoms with Crippen molar-refractivity contribution in [2.24, 2.45) is 0 Å². The van der Waals surface area contributed by atoms with Crippen molar-refractivity contribution in [1.29, 1.82) is 0 Å². The molecule has 0 radical (unpaired) electrons. The molecule has 0 unspecified atom stereocenters. The molecule has 0 bridgehead atoms. The van der Waals surface area contributed by atoms with Gasteiger partial charge in [0.15, 0.2) is 5.65 Å². The van der Waals surface area contributed by atoms with Crippen LogP contribution in [0.1, 0.15) is 37.9 Å². The Kier molecular flexibility index (Phi) is 8.47. The predicted molar refractivity (Wildman–Crippen MR) is 126 cm³/mol. The van der Waals surface area contributed by atoms with Crippen molar-refractivity contribution in [2.45, 2.75) is 56.5 Å². The normalized spacial score (nSPS) is 14.8. The summed E-state index contributed by atoms with van der Waals surface area (Å²) >= 11 is 6.24. The number of alkyl halides is 1. The van der Waals surface area contributed by atoms with Crippen LogP contribution < -0.4 is 5.32 Å². The van der Waals surface area contributed by atoms with Gasteiger partial charge in [-0.2, -0.15) is 13.5 Å². The second-order valence-corrected chi connectivity index (χ2v) is 9.10. The fraction of sp³-hybridized carbons (Fsp3) is 0.455. The molecule has 1 fully saturated rings. The van der Waals surface area contributed by atoms with Crippen LogP contribution >= 0.6 is 11.6 Å². The van der Waals surface area contributed by atoms with E-state index in [0.717, 1.165) is 67.0 Å². The number of rotatable bonds is 6. The first-order chi connectivity index (χ1) is 15.4. The summed E-state index contributed by atoms with van der Waals surface area (Å²) in [7, 11) is -4.00. The monoisotopic (exact) mass is 480 g/mol. The molecular weight excluding hydrogens is 452 g/mol. The van der Waals surface area contributed by atoms with Gasteiger partial charge in [-0.25, -0.2) is 9.67 Å². The van der Waals surface area contributed by atoms with Gasteiger partial charge in [-0.15, -0.1) is 11.6 Å². The topological polar surface area (TPSA) is 106 Å². The van der Waals surface area contributed by atoms with Gasteiger partial charge in [-0.05, 0) is 38.3 Å². The minimum absolute atomic E-state index is 0.0741. The third kappa shape index (κ3) is 5.78. The van der Waals surface area contributed by atoms with E-state index in [9.17, 15) is 8.42 Å². The zero-order chi connectivity index (χ0) is 23.1. The van der Waals surface area contributed by atoms with E-state index in [1.807, 2.05) is 10.9 Å². The molecule has 1 aliphatic heterocycles. The molecule has 8 nitrogen and oxygen atoms in total. The van der Waals surface area contributed by atoms with Crippen LogP contribution in [0.4, 0.5) is 5.69 Å². The average molecular weight is 481 g/mol. The van der Waals surface area contributed by atoms with Crippen molar-refractivity contribution in [3.63, 3.8) is 0 Å². The largest absolute Gasteiger partial charge is 0.381 e. The Morgan fingerprint density at radius 3 is 2.44 bits per heavy atom. The van der Waals surface area contributed by atoms with Crippen LogP contribution in [0.15, 0.2) is 41.4 Å². The molecule has 1 saturated heterocycles. The van der Waals surface area contributed by atoms with Crippen LogP contribution in [0.5, 0.6) is 0 Å². The minimum Gasteiger partial charge on any atom is -0.381 e. The van der Waals surface area contributed by atoms with E-state index in [2.05, 4.69) is 24.3 Å². The van der Waals surface area contributed by atoms with Gasteiger partial charge in [0, 0.05) is 37.1 Å². The lowest BCUT2D eigenvalue weighted by molar-refractivity contribution is 0.0904. The standard InChI is InChI=1S/C16H23ClN4O.C6H6O3S/c1-3-14-12(9-17)15(19-11-5-7-22-8-6-11)13-10-18-21(4-2)16(13)20-14;7-10(8,9)6-4-2-1-3-5-6/h10-11H,3-9H2,1-2H3,(H,19,20);1-5H,(H,7,8,9). The molecule has 10 heteroatoms. The van der Waals surface area contributed by atoms with Crippen LogP contribution in [0.2, 0.25) is 0 Å². The summed E-state index contributed by atoms with van der Waals surface area (Å²) in [6, 6.07) is 7.85. The Morgan fingerprint density at radius 2 is 1.91 bits per heavy atom. The minimum atomic E-state index is -4.00. The van der Waals surface area contributed by atoms with Crippen LogP contribution in [-0.4, -0.2) is 47.0 Å². The second-order valence-electron chi connectivity index (χ2n) is 7.42. The Bertz CT molecular complexity index is 1130. The number of hydrogen-bond acceptors (Lipinski definition) is 6. The number of nitrogens with zero attached hydrogens (tertiary/aromatic N) is 3. The lowest BCUT2D eigenvalue weighted by atomic mass is 10.0. The first kappa shape index (κ1) is 24.4. The van der Waals surface area contributed by atoms with Gasteiger partial charge in [0.2, 0.25) is 0 Å². The highest BCUT2D eigenvalue weighted by molar-refractivity contribution is 7.85. The third-order valence-electron chi connectivity index (χ3n) is 5.35. The SMILES string of the molecule is CCc1nc2c(cnn2CC)c(NC2CCOCC2)c1CCl.O=S(=O)(O)c1ccccc1. The predicted octanol–water partition coefficient (Wildman–Crippen LogP) is 4.28. The van der Waals surface area contributed by atoms with Gasteiger partial charge in [0.25, 0.3) is 10.1 Å². The summed E-state index contributed by atoms with van der Waals surface area (Å²) in [5, 5.41) is 9.23. The summed E-state index contributed by atoms with van der Waals surface area (Å²) in [6.45, 7) is 6.65. The molecule has 2 aromatic heterocycles. The number of halogens is 1. The Morgan fingerprint density at radius 1 is 1.22 bits per heavy atom. The van der Waals surface area contributed by atoms with E-state index in [1.54, 1.807) is 18.2 Å². The molecule has 3 heterocycles. The molecule has 32 heavy (non-hydrogen) atoms. The van der Waals surface area contributed by atoms with Gasteiger partial charge in [-0.3, -0.25) is 4.55 Å². The Labute approximate surface area is 193 Å². The van der Waals surface area contributed by atoms with Crippen LogP contribution in [-0.2, 0) is 33.7 Å². The molecule has 2 N–H and O–H groups in total. The van der Waals surface area contributed by atoms with Crippen molar-refractivity contribution >= 4 is 38.4 Å². The van der Waals surface area contributed by atoms with E-state index >= 15 is 0 Å². The zero-order valence-electron chi connectivity index (χ0n) is 18.3. The number of ether oxygens (including phenoxy) is 1. The van der Waals surface area contributed by atoms with Crippen LogP contribution in [0.3, 0.4) is 0 Å². The maximum Gasteiger partial charge on any atom is 0.294 e. The summed E-state index contributed by atoms with van der Waals surface area (Å²) in [6.07, 6.45) is 4.82. The number of pyridine rings is 1. The highest BCUT2D eigenvalue weighted by Crippen LogP contribution is 2.32.